The van der Waals surface area contributed by atoms with Crippen molar-refractivity contribution in [2.45, 2.75) is 45.8 Å². The molecule has 0 aliphatic heterocycles. The molecular weight excluding hydrogens is 532 g/mol. The maximum atomic E-state index is 13.9. The topological polar surface area (TPSA) is 213 Å². The van der Waals surface area contributed by atoms with Gasteiger partial charge < -0.3 is 31.5 Å². The second kappa shape index (κ2) is 9.81. The van der Waals surface area contributed by atoms with Crippen molar-refractivity contribution in [3.8, 4) is 5.75 Å². The molecule has 2 amide bonds. The molecule has 12 nitrogen and oxygen atoms in total. The van der Waals surface area contributed by atoms with E-state index in [1.54, 1.807) is 26.8 Å². The molecule has 4 atom stereocenters. The molecule has 0 spiro atoms. The smallest absolute Gasteiger partial charge is 0.270 e. The zero-order valence-corrected chi connectivity index (χ0v) is 22.6. The predicted molar refractivity (Wildman–Crippen MR) is 143 cm³/mol. The number of aryl methyl sites for hydroxylation is 1. The molecule has 1 aromatic heterocycles. The average Bonchev–Trinajstić information content (AvgIpc) is 2.89. The first-order valence-corrected chi connectivity index (χ1v) is 13.2. The van der Waals surface area contributed by atoms with Gasteiger partial charge in [0.05, 0.1) is 5.56 Å². The first-order chi connectivity index (χ1) is 19.3. The molecule has 1 heterocycles. The molecular formula is C29H30N4O8. The van der Waals surface area contributed by atoms with Crippen molar-refractivity contribution < 1.29 is 39.6 Å². The molecule has 41 heavy (non-hydrogen) atoms. The van der Waals surface area contributed by atoms with Crippen molar-refractivity contribution >= 4 is 29.1 Å². The van der Waals surface area contributed by atoms with Gasteiger partial charge in [0.25, 0.3) is 11.8 Å². The second-order valence-electron chi connectivity index (χ2n) is 11.1. The molecule has 7 N–H and O–H groups in total. The van der Waals surface area contributed by atoms with Crippen LogP contribution in [0.5, 0.6) is 5.75 Å². The molecule has 0 bridgehead atoms. The van der Waals surface area contributed by atoms with Crippen LogP contribution in [0.25, 0.3) is 5.76 Å². The molecule has 5 rings (SSSR count). The van der Waals surface area contributed by atoms with Gasteiger partial charge in [0.1, 0.15) is 34.9 Å². The minimum absolute atomic E-state index is 0.00737. The molecule has 214 valence electrons. The van der Waals surface area contributed by atoms with Crippen LogP contribution in [-0.4, -0.2) is 59.4 Å². The van der Waals surface area contributed by atoms with Gasteiger partial charge in [-0.15, -0.1) is 0 Å². The van der Waals surface area contributed by atoms with E-state index in [1.165, 1.54) is 18.5 Å². The summed E-state index contributed by atoms with van der Waals surface area (Å²) in [6.07, 6.45) is 1.41. The number of carbonyl (C=O) groups excluding carboxylic acids is 4. The Morgan fingerprint density at radius 2 is 1.88 bits per heavy atom. The molecule has 12 heteroatoms. The van der Waals surface area contributed by atoms with Crippen molar-refractivity contribution in [1.29, 1.82) is 0 Å². The Bertz CT molecular complexity index is 1590. The number of aromatic nitrogens is 2. The summed E-state index contributed by atoms with van der Waals surface area (Å²) in [5, 5.41) is 47.4. The Hall–Kier alpha value is -4.58. The predicted octanol–water partition coefficient (Wildman–Crippen LogP) is 1.33. The number of rotatable bonds is 5. The van der Waals surface area contributed by atoms with E-state index >= 15 is 0 Å². The lowest BCUT2D eigenvalue weighted by atomic mass is 9.54. The van der Waals surface area contributed by atoms with E-state index in [0.717, 1.165) is 0 Å². The van der Waals surface area contributed by atoms with Gasteiger partial charge in [-0.1, -0.05) is 19.9 Å². The molecule has 3 aliphatic rings. The van der Waals surface area contributed by atoms with Crippen LogP contribution in [0.1, 0.15) is 53.1 Å². The number of aliphatic hydroxyl groups excluding tert-OH is 2. The van der Waals surface area contributed by atoms with Crippen LogP contribution >= 0.6 is 0 Å². The van der Waals surface area contributed by atoms with Crippen molar-refractivity contribution in [2.24, 2.45) is 29.4 Å². The first-order valence-electron chi connectivity index (χ1n) is 13.2. The quantitative estimate of drug-likeness (QED) is 0.288. The molecule has 0 unspecified atom stereocenters. The average molecular weight is 563 g/mol. The van der Waals surface area contributed by atoms with Crippen molar-refractivity contribution in [3.05, 3.63) is 69.5 Å². The first kappa shape index (κ1) is 28.0. The van der Waals surface area contributed by atoms with Crippen LogP contribution in [0, 0.1) is 30.6 Å². The number of benzene rings is 1. The third-order valence-electron chi connectivity index (χ3n) is 8.43. The van der Waals surface area contributed by atoms with Gasteiger partial charge in [-0.05, 0) is 54.9 Å². The third kappa shape index (κ3) is 4.17. The van der Waals surface area contributed by atoms with Crippen LogP contribution in [0.15, 0.2) is 41.4 Å². The minimum Gasteiger partial charge on any atom is -0.508 e. The largest absolute Gasteiger partial charge is 0.508 e. The fourth-order valence-corrected chi connectivity index (χ4v) is 6.56. The Labute approximate surface area is 234 Å². The molecule has 0 radical (unpaired) electrons. The van der Waals surface area contributed by atoms with E-state index in [0.29, 0.717) is 16.8 Å². The summed E-state index contributed by atoms with van der Waals surface area (Å²) in [5.41, 5.74) is 3.42. The summed E-state index contributed by atoms with van der Waals surface area (Å²) in [7, 11) is 0. The summed E-state index contributed by atoms with van der Waals surface area (Å²) in [5.74, 6) is -8.81. The third-order valence-corrected chi connectivity index (χ3v) is 8.43. The SMILES string of the molecule is Cc1cc(C(=O)NCc2ccc(O)c3c2C[C@H]2C[C@H]4[C@H](C(C)C)C(=O)C(C(N)=O)=C(O)[C@@]4(O)C(=O)C2=C3O)ncn1. The van der Waals surface area contributed by atoms with Gasteiger partial charge in [0.2, 0.25) is 5.78 Å². The molecule has 0 saturated heterocycles. The number of aliphatic hydroxyl groups is 3. The summed E-state index contributed by atoms with van der Waals surface area (Å²) >= 11 is 0. The van der Waals surface area contributed by atoms with Crippen molar-refractivity contribution in [2.75, 3.05) is 0 Å². The van der Waals surface area contributed by atoms with E-state index in [9.17, 15) is 39.6 Å². The number of amides is 2. The summed E-state index contributed by atoms with van der Waals surface area (Å²) in [6.45, 7) is 5.14. The van der Waals surface area contributed by atoms with Gasteiger partial charge in [0, 0.05) is 29.6 Å². The van der Waals surface area contributed by atoms with E-state index in [-0.39, 0.29) is 42.0 Å². The number of fused-ring (bicyclic) bond motifs is 3. The molecule has 1 aromatic carbocycles. The number of primary amides is 1. The van der Waals surface area contributed by atoms with Crippen LogP contribution in [-0.2, 0) is 27.3 Å². The van der Waals surface area contributed by atoms with Crippen LogP contribution in [0.2, 0.25) is 0 Å². The van der Waals surface area contributed by atoms with Gasteiger partial charge in [-0.25, -0.2) is 9.97 Å². The Morgan fingerprint density at radius 3 is 2.51 bits per heavy atom. The normalized spacial score (nSPS) is 25.5. The lowest BCUT2D eigenvalue weighted by Gasteiger charge is -2.50. The van der Waals surface area contributed by atoms with Crippen LogP contribution in [0.3, 0.4) is 0 Å². The fourth-order valence-electron chi connectivity index (χ4n) is 6.56. The number of hydrogen-bond donors (Lipinski definition) is 6. The Balaban J connectivity index is 1.58. The highest BCUT2D eigenvalue weighted by molar-refractivity contribution is 6.23. The highest BCUT2D eigenvalue weighted by atomic mass is 16.3. The number of Topliss-reactive ketones (excluding diaryl/α,β-unsaturated/α-hetero) is 2. The zero-order chi connectivity index (χ0) is 30.0. The summed E-state index contributed by atoms with van der Waals surface area (Å²) in [4.78, 5) is 59.9. The monoisotopic (exact) mass is 562 g/mol. The minimum atomic E-state index is -2.67. The highest BCUT2D eigenvalue weighted by Gasteiger charge is 2.64. The molecule has 2 aromatic rings. The van der Waals surface area contributed by atoms with E-state index < -0.39 is 69.7 Å². The van der Waals surface area contributed by atoms with E-state index in [2.05, 4.69) is 15.3 Å². The number of nitrogens with zero attached hydrogens (tertiary/aromatic N) is 2. The van der Waals surface area contributed by atoms with Gasteiger partial charge in [-0.3, -0.25) is 19.2 Å². The Morgan fingerprint density at radius 1 is 1.17 bits per heavy atom. The number of carbonyl (C=O) groups is 4. The molecule has 3 aliphatic carbocycles. The summed E-state index contributed by atoms with van der Waals surface area (Å²) < 4.78 is 0. The summed E-state index contributed by atoms with van der Waals surface area (Å²) in [6, 6.07) is 4.43. The number of nitrogens with two attached hydrogens (primary N) is 1. The van der Waals surface area contributed by atoms with Crippen molar-refractivity contribution in [3.63, 3.8) is 0 Å². The number of aromatic hydroxyl groups is 1. The molecule has 1 fully saturated rings. The second-order valence-corrected chi connectivity index (χ2v) is 11.1. The fraction of sp³-hybridized carbons (Fsp3) is 0.379. The number of nitrogens with one attached hydrogen (secondary N) is 1. The number of phenolic OH excluding ortho intramolecular Hbond substituents is 1. The number of hydrogen-bond acceptors (Lipinski definition) is 10. The van der Waals surface area contributed by atoms with Crippen LogP contribution < -0.4 is 11.1 Å². The maximum Gasteiger partial charge on any atom is 0.270 e. The maximum absolute atomic E-state index is 13.9. The highest BCUT2D eigenvalue weighted by Crippen LogP contribution is 2.54. The van der Waals surface area contributed by atoms with E-state index in [4.69, 9.17) is 5.73 Å². The lowest BCUT2D eigenvalue weighted by molar-refractivity contribution is -0.155. The van der Waals surface area contributed by atoms with Gasteiger partial charge in [0.15, 0.2) is 11.4 Å². The standard InChI is InChI=1S/C29H30N4O8/c1-11(2)19-16-8-14-7-15-13(9-31-28(40)17-6-12(3)32-10-33-17)4-5-18(34)21(15)24(36)20(14)25(37)29(16,41)26(38)22(23(19)35)27(30)39/h4-6,10-11,14,16,19,34,36,38,41H,7-9H2,1-3H3,(H2,30,39)(H,31,40)/t14-,16-,19-,29-/m0/s1. The zero-order valence-electron chi connectivity index (χ0n) is 22.6. The van der Waals surface area contributed by atoms with Crippen LogP contribution in [0.4, 0.5) is 0 Å². The molecule has 1 saturated carbocycles. The number of ketones is 2. The van der Waals surface area contributed by atoms with Crippen molar-refractivity contribution in [1.82, 2.24) is 15.3 Å². The van der Waals surface area contributed by atoms with Gasteiger partial charge >= 0.3 is 0 Å². The van der Waals surface area contributed by atoms with Gasteiger partial charge in [-0.2, -0.15) is 0 Å². The van der Waals surface area contributed by atoms with E-state index in [1.807, 2.05) is 0 Å². The number of phenols is 1. The Kier molecular flexibility index (Phi) is 6.69. The lowest BCUT2D eigenvalue weighted by Crippen LogP contribution is -2.62.